The monoisotopic (exact) mass is 357 g/mol. The minimum absolute atomic E-state index is 0.214. The number of rotatable bonds is 4. The third kappa shape index (κ3) is 4.13. The zero-order chi connectivity index (χ0) is 16.5. The first-order valence-electron chi connectivity index (χ1n) is 7.16. The lowest BCUT2D eigenvalue weighted by Crippen LogP contribution is -2.27. The first-order chi connectivity index (χ1) is 10.1. The Labute approximate surface area is 143 Å². The quantitative estimate of drug-likeness (QED) is 0.705. The average Bonchev–Trinajstić information content (AvgIpc) is 2.86. The Hall–Kier alpha value is -0.813. The molecule has 0 aliphatic carbocycles. The molecule has 0 saturated heterocycles. The number of nitrogens with zero attached hydrogens (tertiary/aromatic N) is 1. The molecule has 0 fully saturated rings. The van der Waals surface area contributed by atoms with Gasteiger partial charge in [0.05, 0.1) is 10.0 Å². The summed E-state index contributed by atoms with van der Waals surface area (Å²) in [7, 11) is -0.707. The van der Waals surface area contributed by atoms with Crippen LogP contribution in [0.2, 0.25) is 15.1 Å². The molecule has 0 radical (unpaired) electrons. The molecule has 22 heavy (non-hydrogen) atoms. The summed E-state index contributed by atoms with van der Waals surface area (Å²) in [4.78, 5) is 0. The van der Waals surface area contributed by atoms with Crippen molar-refractivity contribution >= 4 is 33.0 Å². The fourth-order valence-electron chi connectivity index (χ4n) is 1.89. The van der Waals surface area contributed by atoms with Crippen molar-refractivity contribution in [2.24, 2.45) is 0 Å². The maximum atomic E-state index is 6.22. The van der Waals surface area contributed by atoms with Crippen LogP contribution in [-0.4, -0.2) is 14.9 Å². The van der Waals surface area contributed by atoms with Crippen molar-refractivity contribution in [2.75, 3.05) is 0 Å². The number of hydrogen-bond donors (Lipinski definition) is 0. The van der Waals surface area contributed by atoms with Gasteiger partial charge in [0, 0.05) is 11.6 Å². The Morgan fingerprint density at radius 1 is 1.09 bits per heavy atom. The van der Waals surface area contributed by atoms with Crippen LogP contribution in [0.5, 0.6) is 0 Å². The van der Waals surface area contributed by atoms with Crippen LogP contribution in [0.15, 0.2) is 28.8 Å². The normalized spacial score (nSPS) is 13.2. The van der Waals surface area contributed by atoms with Crippen molar-refractivity contribution in [3.8, 4) is 11.3 Å². The second kappa shape index (κ2) is 6.36. The Morgan fingerprint density at radius 3 is 2.23 bits per heavy atom. The molecule has 0 spiro atoms. The van der Waals surface area contributed by atoms with Gasteiger partial charge in [-0.25, -0.2) is 0 Å². The van der Waals surface area contributed by atoms with Crippen LogP contribution in [0, 0.1) is 0 Å². The number of benzene rings is 1. The van der Waals surface area contributed by atoms with Gasteiger partial charge in [0.1, 0.15) is 11.3 Å². The first kappa shape index (κ1) is 17.5. The van der Waals surface area contributed by atoms with E-state index in [1.807, 2.05) is 19.9 Å². The molecular formula is C16H21Cl2NO2Si. The Morgan fingerprint density at radius 2 is 1.68 bits per heavy atom. The zero-order valence-electron chi connectivity index (χ0n) is 13.5. The molecule has 0 unspecified atom stereocenters. The van der Waals surface area contributed by atoms with Gasteiger partial charge in [-0.3, -0.25) is 0 Å². The minimum atomic E-state index is -0.707. The van der Waals surface area contributed by atoms with E-state index in [9.17, 15) is 0 Å². The van der Waals surface area contributed by atoms with E-state index in [-0.39, 0.29) is 5.04 Å². The van der Waals surface area contributed by atoms with Crippen molar-refractivity contribution < 1.29 is 8.95 Å². The van der Waals surface area contributed by atoms with E-state index in [1.165, 1.54) is 0 Å². The fraction of sp³-hybridized carbons (Fsp3) is 0.438. The van der Waals surface area contributed by atoms with Gasteiger partial charge in [-0.05, 0) is 31.0 Å². The van der Waals surface area contributed by atoms with E-state index in [4.69, 9.17) is 32.2 Å². The van der Waals surface area contributed by atoms with Gasteiger partial charge in [0.25, 0.3) is 0 Å². The number of hydrogen-bond acceptors (Lipinski definition) is 3. The zero-order valence-corrected chi connectivity index (χ0v) is 16.5. The highest BCUT2D eigenvalue weighted by molar-refractivity contribution is 6.39. The van der Waals surface area contributed by atoms with E-state index in [0.717, 1.165) is 0 Å². The summed E-state index contributed by atoms with van der Waals surface area (Å²) in [6.07, 6.45) is 0. The number of halogens is 2. The lowest BCUT2D eigenvalue weighted by Gasteiger charge is -2.27. The largest absolute Gasteiger partial charge is 0.411 e. The molecule has 6 heteroatoms. The molecule has 0 aliphatic heterocycles. The lowest BCUT2D eigenvalue weighted by molar-refractivity contribution is 0.0752. The molecule has 0 atom stereocenters. The maximum absolute atomic E-state index is 6.22. The van der Waals surface area contributed by atoms with Gasteiger partial charge in [-0.1, -0.05) is 55.2 Å². The van der Waals surface area contributed by atoms with Crippen molar-refractivity contribution in [1.82, 2.24) is 5.16 Å². The van der Waals surface area contributed by atoms with Crippen LogP contribution in [0.1, 0.15) is 40.4 Å². The van der Waals surface area contributed by atoms with E-state index in [0.29, 0.717) is 27.1 Å². The van der Waals surface area contributed by atoms with Gasteiger partial charge < -0.3 is 8.95 Å². The third-order valence-corrected chi connectivity index (χ3v) is 5.55. The predicted octanol–water partition coefficient (Wildman–Crippen LogP) is 5.20. The molecule has 0 N–H and O–H groups in total. The van der Waals surface area contributed by atoms with Gasteiger partial charge >= 0.3 is 0 Å². The van der Waals surface area contributed by atoms with Gasteiger partial charge in [0.15, 0.2) is 15.5 Å². The van der Waals surface area contributed by atoms with Crippen LogP contribution in [0.4, 0.5) is 0 Å². The molecule has 0 amide bonds. The summed E-state index contributed by atoms with van der Waals surface area (Å²) in [6, 6.07) is 7.22. The predicted molar refractivity (Wildman–Crippen MR) is 94.3 cm³/mol. The lowest BCUT2D eigenvalue weighted by atomic mass is 10.0. The van der Waals surface area contributed by atoms with Crippen molar-refractivity contribution in [3.63, 3.8) is 0 Å². The van der Waals surface area contributed by atoms with Crippen molar-refractivity contribution in [3.05, 3.63) is 40.1 Å². The molecule has 0 aliphatic rings. The van der Waals surface area contributed by atoms with E-state index < -0.39 is 15.4 Å². The number of aromatic nitrogens is 1. The second-order valence-electron chi connectivity index (χ2n) is 7.03. The summed E-state index contributed by atoms with van der Waals surface area (Å²) in [5.41, 5.74) is 0.794. The van der Waals surface area contributed by atoms with Crippen molar-refractivity contribution in [1.29, 1.82) is 0 Å². The average molecular weight is 358 g/mol. The Kier molecular flexibility index (Phi) is 5.07. The van der Waals surface area contributed by atoms with Crippen LogP contribution in [-0.2, 0) is 10.0 Å². The highest BCUT2D eigenvalue weighted by Gasteiger charge is 2.29. The second-order valence-corrected chi connectivity index (χ2v) is 10.5. The van der Waals surface area contributed by atoms with Gasteiger partial charge in [0.2, 0.25) is 0 Å². The molecular weight excluding hydrogens is 337 g/mol. The SMILES string of the molecule is CC(C)(C)[SiH2]OC(C)(C)c1cc(-c2c(Cl)cccc2Cl)no1. The standard InChI is InChI=1S/C16H21Cl2NO2Si/c1-15(2,3)22-21-16(4,5)13-9-12(19-20-13)14-10(17)7-6-8-11(14)18/h6-9H,22H2,1-5H3. The maximum Gasteiger partial charge on any atom is 0.168 e. The summed E-state index contributed by atoms with van der Waals surface area (Å²) >= 11 is 12.4. The van der Waals surface area contributed by atoms with Crippen LogP contribution < -0.4 is 0 Å². The molecule has 120 valence electrons. The summed E-state index contributed by atoms with van der Waals surface area (Å²) in [6.45, 7) is 10.5. The van der Waals surface area contributed by atoms with Gasteiger partial charge in [-0.15, -0.1) is 0 Å². The summed E-state index contributed by atoms with van der Waals surface area (Å²) in [5.74, 6) is 0.676. The third-order valence-electron chi connectivity index (χ3n) is 3.19. The first-order valence-corrected chi connectivity index (χ1v) is 9.20. The Balaban J connectivity index is 2.28. The molecule has 2 rings (SSSR count). The summed E-state index contributed by atoms with van der Waals surface area (Å²) in [5, 5.41) is 5.43. The molecule has 1 aromatic carbocycles. The highest BCUT2D eigenvalue weighted by Crippen LogP contribution is 2.37. The Bertz CT molecular complexity index is 642. The minimum Gasteiger partial charge on any atom is -0.411 e. The molecule has 2 aromatic rings. The van der Waals surface area contributed by atoms with Crippen LogP contribution in [0.25, 0.3) is 11.3 Å². The molecule has 0 saturated carbocycles. The van der Waals surface area contributed by atoms with Crippen LogP contribution in [0.3, 0.4) is 0 Å². The molecule has 0 bridgehead atoms. The molecule has 1 aromatic heterocycles. The highest BCUT2D eigenvalue weighted by atomic mass is 35.5. The molecule has 1 heterocycles. The van der Waals surface area contributed by atoms with Gasteiger partial charge in [-0.2, -0.15) is 0 Å². The fourth-order valence-corrected chi connectivity index (χ4v) is 3.41. The van der Waals surface area contributed by atoms with E-state index in [1.54, 1.807) is 18.2 Å². The smallest absolute Gasteiger partial charge is 0.168 e. The van der Waals surface area contributed by atoms with Crippen LogP contribution >= 0.6 is 23.2 Å². The topological polar surface area (TPSA) is 35.3 Å². The molecule has 3 nitrogen and oxygen atoms in total. The van der Waals surface area contributed by atoms with Crippen molar-refractivity contribution in [2.45, 2.75) is 45.3 Å². The summed E-state index contributed by atoms with van der Waals surface area (Å²) < 4.78 is 11.6. The van der Waals surface area contributed by atoms with E-state index in [2.05, 4.69) is 25.9 Å². The van der Waals surface area contributed by atoms with E-state index >= 15 is 0 Å².